The zero-order chi connectivity index (χ0) is 13.7. The second-order valence-electron chi connectivity index (χ2n) is 4.48. The molecule has 0 spiro atoms. The standard InChI is InChI=1S/C16H14BrFO/c17-14-8-13(9-15(18)11-14)10-16(19)7-6-12-4-2-1-3-5-12/h1-5,8-9,11H,6-7,10H2. The molecule has 0 N–H and O–H groups in total. The average molecular weight is 321 g/mol. The SMILES string of the molecule is O=C(CCc1ccccc1)Cc1cc(F)cc(Br)c1. The lowest BCUT2D eigenvalue weighted by molar-refractivity contribution is -0.118. The van der Waals surface area contributed by atoms with E-state index in [1.807, 2.05) is 30.3 Å². The molecule has 3 heteroatoms. The van der Waals surface area contributed by atoms with Crippen molar-refractivity contribution in [1.82, 2.24) is 0 Å². The fourth-order valence-electron chi connectivity index (χ4n) is 1.96. The Balaban J connectivity index is 1.91. The van der Waals surface area contributed by atoms with Gasteiger partial charge in [-0.3, -0.25) is 4.79 Å². The molecule has 0 aliphatic rings. The smallest absolute Gasteiger partial charge is 0.137 e. The predicted molar refractivity (Wildman–Crippen MR) is 77.6 cm³/mol. The Morgan fingerprint density at radius 3 is 2.47 bits per heavy atom. The highest BCUT2D eigenvalue weighted by Crippen LogP contribution is 2.16. The third-order valence-corrected chi connectivity index (χ3v) is 3.32. The summed E-state index contributed by atoms with van der Waals surface area (Å²) in [6, 6.07) is 14.5. The molecule has 0 aliphatic heterocycles. The van der Waals surface area contributed by atoms with Crippen LogP contribution in [0.15, 0.2) is 53.0 Å². The first-order valence-electron chi connectivity index (χ1n) is 6.14. The normalized spacial score (nSPS) is 10.4. The summed E-state index contributed by atoms with van der Waals surface area (Å²) in [5, 5.41) is 0. The zero-order valence-electron chi connectivity index (χ0n) is 10.4. The molecular formula is C16H14BrFO. The highest BCUT2D eigenvalue weighted by atomic mass is 79.9. The number of aryl methyl sites for hydroxylation is 1. The van der Waals surface area contributed by atoms with Gasteiger partial charge in [0.25, 0.3) is 0 Å². The van der Waals surface area contributed by atoms with Crippen molar-refractivity contribution in [2.24, 2.45) is 0 Å². The molecule has 0 aromatic heterocycles. The van der Waals surface area contributed by atoms with Gasteiger partial charge < -0.3 is 0 Å². The van der Waals surface area contributed by atoms with Crippen LogP contribution in [-0.4, -0.2) is 5.78 Å². The van der Waals surface area contributed by atoms with Crippen LogP contribution in [0.25, 0.3) is 0 Å². The average Bonchev–Trinajstić information content (AvgIpc) is 2.36. The number of halogens is 2. The molecule has 2 aromatic rings. The first-order valence-corrected chi connectivity index (χ1v) is 6.93. The van der Waals surface area contributed by atoms with E-state index in [4.69, 9.17) is 0 Å². The van der Waals surface area contributed by atoms with Crippen LogP contribution in [-0.2, 0) is 17.6 Å². The first-order chi connectivity index (χ1) is 9.13. The predicted octanol–water partition coefficient (Wildman–Crippen LogP) is 4.33. The molecule has 0 fully saturated rings. The van der Waals surface area contributed by atoms with E-state index in [0.717, 1.165) is 12.0 Å². The minimum absolute atomic E-state index is 0.126. The summed E-state index contributed by atoms with van der Waals surface area (Å²) in [5.41, 5.74) is 1.86. The maximum Gasteiger partial charge on any atom is 0.137 e. The quantitative estimate of drug-likeness (QED) is 0.801. The minimum Gasteiger partial charge on any atom is -0.299 e. The Bertz CT molecular complexity index is 546. The van der Waals surface area contributed by atoms with Crippen LogP contribution < -0.4 is 0 Å². The van der Waals surface area contributed by atoms with Gasteiger partial charge in [0.1, 0.15) is 11.6 Å². The minimum atomic E-state index is -0.319. The molecule has 0 aliphatic carbocycles. The van der Waals surface area contributed by atoms with Crippen molar-refractivity contribution in [3.8, 4) is 0 Å². The van der Waals surface area contributed by atoms with Crippen LogP contribution in [0.3, 0.4) is 0 Å². The lowest BCUT2D eigenvalue weighted by Crippen LogP contribution is -2.04. The Morgan fingerprint density at radius 1 is 1.05 bits per heavy atom. The maximum atomic E-state index is 13.2. The van der Waals surface area contributed by atoms with E-state index in [0.29, 0.717) is 16.5 Å². The van der Waals surface area contributed by atoms with Crippen LogP contribution in [0, 0.1) is 5.82 Å². The van der Waals surface area contributed by atoms with Gasteiger partial charge in [-0.15, -0.1) is 0 Å². The van der Waals surface area contributed by atoms with Crippen LogP contribution >= 0.6 is 15.9 Å². The van der Waals surface area contributed by atoms with Gasteiger partial charge in [0.15, 0.2) is 0 Å². The van der Waals surface area contributed by atoms with Crippen molar-refractivity contribution in [2.45, 2.75) is 19.3 Å². The topological polar surface area (TPSA) is 17.1 Å². The summed E-state index contributed by atoms with van der Waals surface area (Å²) in [4.78, 5) is 11.9. The molecule has 98 valence electrons. The van der Waals surface area contributed by atoms with Gasteiger partial charge in [-0.1, -0.05) is 46.3 Å². The molecule has 0 atom stereocenters. The summed E-state index contributed by atoms with van der Waals surface area (Å²) in [5.74, 6) is -0.193. The van der Waals surface area contributed by atoms with Gasteiger partial charge >= 0.3 is 0 Å². The molecule has 2 aromatic carbocycles. The van der Waals surface area contributed by atoms with Crippen LogP contribution in [0.5, 0.6) is 0 Å². The fourth-order valence-corrected chi connectivity index (χ4v) is 2.47. The van der Waals surface area contributed by atoms with Crippen molar-refractivity contribution in [3.05, 3.63) is 69.9 Å². The first kappa shape index (κ1) is 13.9. The second-order valence-corrected chi connectivity index (χ2v) is 5.39. The molecular weight excluding hydrogens is 307 g/mol. The van der Waals surface area contributed by atoms with E-state index in [1.165, 1.54) is 12.1 Å². The Morgan fingerprint density at radius 2 is 1.79 bits per heavy atom. The molecule has 0 radical (unpaired) electrons. The summed E-state index contributed by atoms with van der Waals surface area (Å²) >= 11 is 3.23. The van der Waals surface area contributed by atoms with Crippen molar-refractivity contribution in [1.29, 1.82) is 0 Å². The molecule has 0 heterocycles. The fraction of sp³-hybridized carbons (Fsp3) is 0.188. The molecule has 1 nitrogen and oxygen atoms in total. The van der Waals surface area contributed by atoms with Crippen molar-refractivity contribution in [2.75, 3.05) is 0 Å². The van der Waals surface area contributed by atoms with Gasteiger partial charge in [-0.25, -0.2) is 4.39 Å². The van der Waals surface area contributed by atoms with E-state index in [9.17, 15) is 9.18 Å². The Hall–Kier alpha value is -1.48. The number of Topliss-reactive ketones (excluding diaryl/α,β-unsaturated/α-hetero) is 1. The van der Waals surface area contributed by atoms with Crippen LogP contribution in [0.1, 0.15) is 17.5 Å². The van der Waals surface area contributed by atoms with E-state index >= 15 is 0 Å². The molecule has 0 bridgehead atoms. The molecule has 2 rings (SSSR count). The zero-order valence-corrected chi connectivity index (χ0v) is 12.0. The molecule has 0 unspecified atom stereocenters. The summed E-state index contributed by atoms with van der Waals surface area (Å²) in [6.45, 7) is 0. The number of carbonyl (C=O) groups is 1. The van der Waals surface area contributed by atoms with Gasteiger partial charge in [-0.05, 0) is 35.7 Å². The summed E-state index contributed by atoms with van der Waals surface area (Å²) in [7, 11) is 0. The molecule has 0 saturated heterocycles. The Kier molecular flexibility index (Phi) is 4.86. The number of hydrogen-bond acceptors (Lipinski definition) is 1. The monoisotopic (exact) mass is 320 g/mol. The van der Waals surface area contributed by atoms with Crippen LogP contribution in [0.4, 0.5) is 4.39 Å². The van der Waals surface area contributed by atoms with E-state index < -0.39 is 0 Å². The number of benzene rings is 2. The van der Waals surface area contributed by atoms with Gasteiger partial charge in [0.2, 0.25) is 0 Å². The van der Waals surface area contributed by atoms with Crippen molar-refractivity contribution < 1.29 is 9.18 Å². The van der Waals surface area contributed by atoms with Gasteiger partial charge in [0.05, 0.1) is 0 Å². The number of ketones is 1. The summed E-state index contributed by atoms with van der Waals surface area (Å²) < 4.78 is 13.9. The highest BCUT2D eigenvalue weighted by Gasteiger charge is 2.06. The lowest BCUT2D eigenvalue weighted by Gasteiger charge is -2.03. The van der Waals surface area contributed by atoms with Crippen molar-refractivity contribution in [3.63, 3.8) is 0 Å². The van der Waals surface area contributed by atoms with Crippen LogP contribution in [0.2, 0.25) is 0 Å². The number of rotatable bonds is 5. The molecule has 19 heavy (non-hydrogen) atoms. The van der Waals surface area contributed by atoms with Crippen molar-refractivity contribution >= 4 is 21.7 Å². The third kappa shape index (κ3) is 4.60. The van der Waals surface area contributed by atoms with Gasteiger partial charge in [-0.2, -0.15) is 0 Å². The molecule has 0 saturated carbocycles. The van der Waals surface area contributed by atoms with E-state index in [2.05, 4.69) is 15.9 Å². The van der Waals surface area contributed by atoms with E-state index in [1.54, 1.807) is 6.07 Å². The van der Waals surface area contributed by atoms with Gasteiger partial charge in [0, 0.05) is 17.3 Å². The largest absolute Gasteiger partial charge is 0.299 e. The second kappa shape index (κ2) is 6.62. The lowest BCUT2D eigenvalue weighted by atomic mass is 10.0. The van der Waals surface area contributed by atoms with E-state index in [-0.39, 0.29) is 18.0 Å². The number of carbonyl (C=O) groups excluding carboxylic acids is 1. The third-order valence-electron chi connectivity index (χ3n) is 2.86. The number of hydrogen-bond donors (Lipinski definition) is 0. The highest BCUT2D eigenvalue weighted by molar-refractivity contribution is 9.10. The molecule has 0 amide bonds. The maximum absolute atomic E-state index is 13.2. The Labute approximate surface area is 120 Å². The summed E-state index contributed by atoms with van der Waals surface area (Å²) in [6.07, 6.45) is 1.50.